The minimum absolute atomic E-state index is 0. The maximum atomic E-state index is 11.2. The molecule has 2 atom stereocenters. The molecule has 162 valence electrons. The van der Waals surface area contributed by atoms with Crippen LogP contribution in [0.5, 0.6) is 0 Å². The van der Waals surface area contributed by atoms with Crippen molar-refractivity contribution in [1.82, 2.24) is 10.3 Å². The van der Waals surface area contributed by atoms with E-state index in [1.165, 1.54) is 46.6 Å². The summed E-state index contributed by atoms with van der Waals surface area (Å²) in [5, 5.41) is 2.91. The molecule has 1 aliphatic heterocycles. The van der Waals surface area contributed by atoms with Gasteiger partial charge in [0.15, 0.2) is 0 Å². The van der Waals surface area contributed by atoms with Gasteiger partial charge in [0, 0.05) is 0 Å². The molecule has 1 N–H and O–H groups in total. The zero-order chi connectivity index (χ0) is 21.1. The highest BCUT2D eigenvalue weighted by molar-refractivity contribution is 5.91. The van der Waals surface area contributed by atoms with Crippen LogP contribution in [0.4, 0.5) is 0 Å². The molecule has 1 saturated heterocycles. The van der Waals surface area contributed by atoms with Gasteiger partial charge >= 0.3 is 23.9 Å². The van der Waals surface area contributed by atoms with Crippen molar-refractivity contribution in [1.29, 1.82) is 0 Å². The van der Waals surface area contributed by atoms with Gasteiger partial charge in [-0.3, -0.25) is 14.9 Å². The summed E-state index contributed by atoms with van der Waals surface area (Å²) in [6, 6.07) is 3.69. The molecule has 1 aliphatic rings. The lowest BCUT2D eigenvalue weighted by Gasteiger charge is -2.27. The minimum atomic E-state index is -0.587. The first-order chi connectivity index (χ1) is 13.4. The van der Waals surface area contributed by atoms with Crippen LogP contribution in [0.3, 0.4) is 0 Å². The number of carbonyl (C=O) groups is 4. The standard InChI is InChI=1S/C9H15NO4.C9H9NO4.ClH/c2*1-13-8(11)6-4-3-5-7(10-6)9(12)14-2;/h6-7,10H,3-5H2,1-2H3;3-5H,1-2H3;1H/t6-,7+;;. The van der Waals surface area contributed by atoms with Crippen LogP contribution in [0, 0.1) is 0 Å². The predicted molar refractivity (Wildman–Crippen MR) is 103 cm³/mol. The highest BCUT2D eigenvalue weighted by atomic mass is 35.5. The Morgan fingerprint density at radius 1 is 0.828 bits per heavy atom. The molecular weight excluding hydrogens is 408 g/mol. The van der Waals surface area contributed by atoms with Crippen LogP contribution < -0.4 is 5.32 Å². The fourth-order valence-electron chi connectivity index (χ4n) is 2.46. The third-order valence-corrected chi connectivity index (χ3v) is 3.90. The number of rotatable bonds is 4. The van der Waals surface area contributed by atoms with Crippen molar-refractivity contribution in [2.75, 3.05) is 28.4 Å². The Balaban J connectivity index is 0.000000523. The van der Waals surface area contributed by atoms with Crippen LogP contribution in [-0.2, 0) is 28.5 Å². The van der Waals surface area contributed by atoms with Crippen molar-refractivity contribution in [3.05, 3.63) is 29.6 Å². The summed E-state index contributed by atoms with van der Waals surface area (Å²) in [4.78, 5) is 48.2. The van der Waals surface area contributed by atoms with Crippen molar-refractivity contribution < 1.29 is 38.1 Å². The number of esters is 4. The number of aromatic nitrogens is 1. The van der Waals surface area contributed by atoms with E-state index in [4.69, 9.17) is 0 Å². The molecule has 29 heavy (non-hydrogen) atoms. The molecule has 1 aromatic heterocycles. The van der Waals surface area contributed by atoms with E-state index in [0.29, 0.717) is 12.8 Å². The maximum Gasteiger partial charge on any atom is 0.356 e. The highest BCUT2D eigenvalue weighted by Gasteiger charge is 2.31. The fraction of sp³-hybridized carbons (Fsp3) is 0.500. The molecule has 1 fully saturated rings. The lowest BCUT2D eigenvalue weighted by molar-refractivity contribution is -0.148. The molecule has 0 saturated carbocycles. The summed E-state index contributed by atoms with van der Waals surface area (Å²) in [7, 11) is 5.17. The fourth-order valence-corrected chi connectivity index (χ4v) is 2.46. The number of hydrogen-bond donors (Lipinski definition) is 1. The molecule has 10 nitrogen and oxygen atoms in total. The van der Waals surface area contributed by atoms with Gasteiger partial charge in [-0.25, -0.2) is 14.6 Å². The summed E-state index contributed by atoms with van der Waals surface area (Å²) < 4.78 is 18.1. The van der Waals surface area contributed by atoms with E-state index in [-0.39, 0.29) is 47.8 Å². The smallest absolute Gasteiger partial charge is 0.356 e. The zero-order valence-electron chi connectivity index (χ0n) is 16.6. The zero-order valence-corrected chi connectivity index (χ0v) is 17.4. The first kappa shape index (κ1) is 26.3. The number of methoxy groups -OCH3 is 4. The van der Waals surface area contributed by atoms with E-state index in [0.717, 1.165) is 6.42 Å². The normalized spacial score (nSPS) is 17.4. The second-order valence-corrected chi connectivity index (χ2v) is 5.64. The molecule has 1 aromatic rings. The van der Waals surface area contributed by atoms with E-state index in [1.807, 2.05) is 0 Å². The molecule has 0 unspecified atom stereocenters. The molecule has 0 amide bonds. The predicted octanol–water partition coefficient (Wildman–Crippen LogP) is 0.920. The molecule has 11 heteroatoms. The van der Waals surface area contributed by atoms with E-state index >= 15 is 0 Å². The van der Waals surface area contributed by atoms with Gasteiger partial charge in [0.2, 0.25) is 0 Å². The topological polar surface area (TPSA) is 130 Å². The van der Waals surface area contributed by atoms with Gasteiger partial charge in [-0.2, -0.15) is 0 Å². The number of piperidine rings is 1. The molecule has 0 bridgehead atoms. The third-order valence-electron chi connectivity index (χ3n) is 3.90. The van der Waals surface area contributed by atoms with E-state index in [9.17, 15) is 19.2 Å². The van der Waals surface area contributed by atoms with E-state index in [2.05, 4.69) is 29.2 Å². The van der Waals surface area contributed by atoms with Crippen molar-refractivity contribution in [2.24, 2.45) is 0 Å². The highest BCUT2D eigenvalue weighted by Crippen LogP contribution is 2.14. The Hall–Kier alpha value is -2.72. The van der Waals surface area contributed by atoms with Gasteiger partial charge in [-0.15, -0.1) is 12.4 Å². The van der Waals surface area contributed by atoms with Gasteiger partial charge in [0.05, 0.1) is 28.4 Å². The van der Waals surface area contributed by atoms with Crippen LogP contribution in [0.2, 0.25) is 0 Å². The van der Waals surface area contributed by atoms with Gasteiger partial charge in [0.1, 0.15) is 23.5 Å². The largest absolute Gasteiger partial charge is 0.468 e. The summed E-state index contributed by atoms with van der Waals surface area (Å²) in [5.74, 6) is -1.82. The quantitative estimate of drug-likeness (QED) is 0.541. The van der Waals surface area contributed by atoms with Crippen molar-refractivity contribution >= 4 is 36.3 Å². The van der Waals surface area contributed by atoms with Crippen LogP contribution in [0.15, 0.2) is 18.2 Å². The van der Waals surface area contributed by atoms with Gasteiger partial charge in [-0.1, -0.05) is 6.07 Å². The van der Waals surface area contributed by atoms with Crippen LogP contribution in [-0.4, -0.2) is 69.4 Å². The molecule has 2 rings (SSSR count). The van der Waals surface area contributed by atoms with Crippen molar-refractivity contribution in [3.63, 3.8) is 0 Å². The average molecular weight is 433 g/mol. The Bertz CT molecular complexity index is 660. The van der Waals surface area contributed by atoms with E-state index < -0.39 is 11.9 Å². The minimum Gasteiger partial charge on any atom is -0.468 e. The second kappa shape index (κ2) is 13.5. The third kappa shape index (κ3) is 8.04. The number of ether oxygens (including phenoxy) is 4. The Labute approximate surface area is 174 Å². The lowest BCUT2D eigenvalue weighted by atomic mass is 9.99. The molecule has 0 aromatic carbocycles. The van der Waals surface area contributed by atoms with Crippen molar-refractivity contribution in [2.45, 2.75) is 31.3 Å². The number of hydrogen-bond acceptors (Lipinski definition) is 10. The average Bonchev–Trinajstić information content (AvgIpc) is 2.77. The lowest BCUT2D eigenvalue weighted by Crippen LogP contribution is -2.50. The number of nitrogens with one attached hydrogen (secondary N) is 1. The monoisotopic (exact) mass is 432 g/mol. The Morgan fingerprint density at radius 3 is 1.59 bits per heavy atom. The first-order valence-corrected chi connectivity index (χ1v) is 8.43. The van der Waals surface area contributed by atoms with Crippen LogP contribution >= 0.6 is 12.4 Å². The Kier molecular flexibility index (Phi) is 12.2. The summed E-state index contributed by atoms with van der Waals surface area (Å²) in [6.07, 6.45) is 2.24. The molecular formula is C18H25ClN2O8. The molecule has 0 radical (unpaired) electrons. The van der Waals surface area contributed by atoms with Gasteiger partial charge in [-0.05, 0) is 31.4 Å². The number of nitrogens with zero attached hydrogens (tertiary/aromatic N) is 1. The first-order valence-electron chi connectivity index (χ1n) is 8.43. The maximum absolute atomic E-state index is 11.2. The number of pyridine rings is 1. The molecule has 0 spiro atoms. The summed E-state index contributed by atoms with van der Waals surface area (Å²) in [5.41, 5.74) is 0.158. The van der Waals surface area contributed by atoms with Crippen molar-refractivity contribution in [3.8, 4) is 0 Å². The Morgan fingerprint density at radius 2 is 1.24 bits per heavy atom. The van der Waals surface area contributed by atoms with Gasteiger partial charge < -0.3 is 18.9 Å². The van der Waals surface area contributed by atoms with Crippen LogP contribution in [0.1, 0.15) is 40.2 Å². The number of carbonyl (C=O) groups excluding carboxylic acids is 4. The summed E-state index contributed by atoms with van der Waals surface area (Å²) >= 11 is 0. The number of halogens is 1. The van der Waals surface area contributed by atoms with Crippen LogP contribution in [0.25, 0.3) is 0 Å². The van der Waals surface area contributed by atoms with E-state index in [1.54, 1.807) is 0 Å². The molecule has 2 heterocycles. The molecule has 0 aliphatic carbocycles. The SMILES string of the molecule is COC(=O)[C@@H]1CCC[C@H](C(=O)OC)N1.COC(=O)c1cccc(C(=O)OC)n1.Cl. The van der Waals surface area contributed by atoms with Gasteiger partial charge in [0.25, 0.3) is 0 Å². The summed E-state index contributed by atoms with van der Waals surface area (Å²) in [6.45, 7) is 0. The second-order valence-electron chi connectivity index (χ2n) is 5.64.